The number of ether oxygens (including phenoxy) is 1. The summed E-state index contributed by atoms with van der Waals surface area (Å²) in [7, 11) is 5.92. The number of halogens is 1. The lowest BCUT2D eigenvalue weighted by molar-refractivity contribution is 0.0548. The van der Waals surface area contributed by atoms with Gasteiger partial charge in [0.05, 0.1) is 6.10 Å². The summed E-state index contributed by atoms with van der Waals surface area (Å²) in [6.45, 7) is 5.26. The van der Waals surface area contributed by atoms with Crippen molar-refractivity contribution in [1.82, 2.24) is 20.5 Å². The Morgan fingerprint density at radius 1 is 1.38 bits per heavy atom. The molecule has 0 aliphatic carbocycles. The van der Waals surface area contributed by atoms with Crippen LogP contribution in [0.3, 0.4) is 0 Å². The number of nitrogens with one attached hydrogen (secondary N) is 2. The number of rotatable bonds is 10. The summed E-state index contributed by atoms with van der Waals surface area (Å²) in [5.41, 5.74) is 1.14. The molecule has 136 valence electrons. The minimum Gasteiger partial charge on any atom is -0.377 e. The fourth-order valence-corrected chi connectivity index (χ4v) is 2.30. The van der Waals surface area contributed by atoms with E-state index < -0.39 is 0 Å². The Hall–Kier alpha value is -1.37. The first kappa shape index (κ1) is 20.7. The predicted octanol–water partition coefficient (Wildman–Crippen LogP) is 1.80. The van der Waals surface area contributed by atoms with Crippen molar-refractivity contribution < 1.29 is 4.74 Å². The van der Waals surface area contributed by atoms with E-state index in [-0.39, 0.29) is 6.10 Å². The summed E-state index contributed by atoms with van der Waals surface area (Å²) in [5.74, 6) is 0.784. The molecule has 1 unspecified atom stereocenters. The van der Waals surface area contributed by atoms with Gasteiger partial charge in [-0.1, -0.05) is 17.7 Å². The van der Waals surface area contributed by atoms with Gasteiger partial charge >= 0.3 is 0 Å². The molecule has 0 aliphatic heterocycles. The molecule has 1 aromatic rings. The molecule has 1 heterocycles. The van der Waals surface area contributed by atoms with Crippen molar-refractivity contribution in [3.05, 3.63) is 29.0 Å². The van der Waals surface area contributed by atoms with Crippen LogP contribution in [0.2, 0.25) is 5.15 Å². The van der Waals surface area contributed by atoms with E-state index in [4.69, 9.17) is 16.3 Å². The zero-order chi connectivity index (χ0) is 17.8. The third-order valence-corrected chi connectivity index (χ3v) is 3.74. The third kappa shape index (κ3) is 9.05. The normalized spacial score (nSPS) is 13.2. The molecule has 0 saturated carbocycles. The molecule has 1 rings (SSSR count). The first-order valence-corrected chi connectivity index (χ1v) is 8.74. The Labute approximate surface area is 150 Å². The molecule has 0 aromatic carbocycles. The van der Waals surface area contributed by atoms with Crippen LogP contribution in [-0.4, -0.2) is 69.3 Å². The number of nitrogens with zero attached hydrogens (tertiary/aromatic N) is 3. The van der Waals surface area contributed by atoms with Crippen LogP contribution in [0.4, 0.5) is 0 Å². The van der Waals surface area contributed by atoms with Crippen molar-refractivity contribution >= 4 is 17.6 Å². The minimum absolute atomic E-state index is 0.177. The summed E-state index contributed by atoms with van der Waals surface area (Å²) in [4.78, 5) is 10.5. The number of aliphatic imine (C=N–C) groups is 1. The van der Waals surface area contributed by atoms with E-state index in [0.717, 1.165) is 50.6 Å². The maximum atomic E-state index is 5.79. The maximum Gasteiger partial charge on any atom is 0.191 e. The molecule has 1 aromatic heterocycles. The van der Waals surface area contributed by atoms with Crippen molar-refractivity contribution in [3.8, 4) is 0 Å². The lowest BCUT2D eigenvalue weighted by Gasteiger charge is -2.21. The minimum atomic E-state index is 0.177. The van der Waals surface area contributed by atoms with Gasteiger partial charge in [0.2, 0.25) is 0 Å². The van der Waals surface area contributed by atoms with Crippen LogP contribution in [0, 0.1) is 0 Å². The summed E-state index contributed by atoms with van der Waals surface area (Å²) < 4.78 is 5.78. The molecule has 0 fully saturated rings. The van der Waals surface area contributed by atoms with Gasteiger partial charge in [-0.2, -0.15) is 0 Å². The molecule has 7 heteroatoms. The molecule has 0 amide bonds. The number of guanidine groups is 1. The molecule has 24 heavy (non-hydrogen) atoms. The predicted molar refractivity (Wildman–Crippen MR) is 101 cm³/mol. The molecule has 6 nitrogen and oxygen atoms in total. The Balaban J connectivity index is 2.33. The second-order valence-electron chi connectivity index (χ2n) is 5.79. The van der Waals surface area contributed by atoms with Crippen molar-refractivity contribution in [2.24, 2.45) is 4.99 Å². The second-order valence-corrected chi connectivity index (χ2v) is 6.18. The van der Waals surface area contributed by atoms with E-state index >= 15 is 0 Å². The fourth-order valence-electron chi connectivity index (χ4n) is 2.19. The number of hydrogen-bond acceptors (Lipinski definition) is 4. The van der Waals surface area contributed by atoms with Gasteiger partial charge in [-0.3, -0.25) is 4.99 Å². The second kappa shape index (κ2) is 12.1. The van der Waals surface area contributed by atoms with Crippen LogP contribution in [-0.2, 0) is 11.2 Å². The highest BCUT2D eigenvalue weighted by molar-refractivity contribution is 6.29. The molecule has 0 aliphatic rings. The van der Waals surface area contributed by atoms with Crippen molar-refractivity contribution in [2.45, 2.75) is 25.9 Å². The quantitative estimate of drug-likeness (QED) is 0.381. The largest absolute Gasteiger partial charge is 0.377 e. The molecule has 0 radical (unpaired) electrons. The number of hydrogen-bond donors (Lipinski definition) is 2. The molecule has 0 saturated heterocycles. The van der Waals surface area contributed by atoms with Crippen LogP contribution < -0.4 is 10.6 Å². The molecule has 0 spiro atoms. The average molecular weight is 356 g/mol. The van der Waals surface area contributed by atoms with Gasteiger partial charge in [-0.25, -0.2) is 4.98 Å². The Kier molecular flexibility index (Phi) is 10.4. The van der Waals surface area contributed by atoms with Crippen LogP contribution >= 0.6 is 11.6 Å². The molecular formula is C17H30ClN5O. The van der Waals surface area contributed by atoms with E-state index in [0.29, 0.717) is 5.15 Å². The highest BCUT2D eigenvalue weighted by Crippen LogP contribution is 2.05. The first-order chi connectivity index (χ1) is 11.5. The van der Waals surface area contributed by atoms with Gasteiger partial charge in [0.1, 0.15) is 5.15 Å². The van der Waals surface area contributed by atoms with Crippen LogP contribution in [0.1, 0.15) is 18.9 Å². The van der Waals surface area contributed by atoms with Crippen LogP contribution in [0.15, 0.2) is 23.3 Å². The fraction of sp³-hybridized carbons (Fsp3) is 0.647. The van der Waals surface area contributed by atoms with Gasteiger partial charge in [0.25, 0.3) is 0 Å². The smallest absolute Gasteiger partial charge is 0.191 e. The van der Waals surface area contributed by atoms with Crippen molar-refractivity contribution in [2.75, 3.05) is 47.4 Å². The Bertz CT molecular complexity index is 478. The van der Waals surface area contributed by atoms with E-state index in [1.165, 1.54) is 0 Å². The van der Waals surface area contributed by atoms with E-state index in [1.807, 2.05) is 13.0 Å². The lowest BCUT2D eigenvalue weighted by atomic mass is 10.2. The third-order valence-electron chi connectivity index (χ3n) is 3.52. The molecular weight excluding hydrogens is 326 g/mol. The standard InChI is InChI=1S/C17H30ClN5O/c1-5-24-15(9-11-23(3)4)13-22-17(19-2)20-10-8-14-6-7-16(18)21-12-14/h6-7,12,15H,5,8-11,13H2,1-4H3,(H2,19,20,22). The number of aromatic nitrogens is 1. The summed E-state index contributed by atoms with van der Waals surface area (Å²) in [6.07, 6.45) is 3.82. The Morgan fingerprint density at radius 2 is 2.17 bits per heavy atom. The zero-order valence-electron chi connectivity index (χ0n) is 15.2. The highest BCUT2D eigenvalue weighted by atomic mass is 35.5. The van der Waals surface area contributed by atoms with Gasteiger partial charge in [-0.05, 0) is 45.5 Å². The van der Waals surface area contributed by atoms with E-state index in [9.17, 15) is 0 Å². The zero-order valence-corrected chi connectivity index (χ0v) is 15.9. The molecule has 0 bridgehead atoms. The summed E-state index contributed by atoms with van der Waals surface area (Å²) >= 11 is 5.79. The van der Waals surface area contributed by atoms with Crippen molar-refractivity contribution in [3.63, 3.8) is 0 Å². The van der Waals surface area contributed by atoms with Gasteiger partial charge in [-0.15, -0.1) is 0 Å². The van der Waals surface area contributed by atoms with Gasteiger partial charge in [0, 0.05) is 39.5 Å². The molecule has 1 atom stereocenters. The topological polar surface area (TPSA) is 61.8 Å². The SMILES string of the molecule is CCOC(CCN(C)C)CNC(=NC)NCCc1ccc(Cl)nc1. The maximum absolute atomic E-state index is 5.79. The first-order valence-electron chi connectivity index (χ1n) is 8.36. The molecule has 2 N–H and O–H groups in total. The van der Waals surface area contributed by atoms with Gasteiger partial charge < -0.3 is 20.3 Å². The average Bonchev–Trinajstić information content (AvgIpc) is 2.57. The van der Waals surface area contributed by atoms with Crippen LogP contribution in [0.25, 0.3) is 0 Å². The summed E-state index contributed by atoms with van der Waals surface area (Å²) in [5, 5.41) is 7.16. The monoisotopic (exact) mass is 355 g/mol. The van der Waals surface area contributed by atoms with Crippen molar-refractivity contribution in [1.29, 1.82) is 0 Å². The van der Waals surface area contributed by atoms with Crippen LogP contribution in [0.5, 0.6) is 0 Å². The van der Waals surface area contributed by atoms with E-state index in [2.05, 4.69) is 39.6 Å². The number of pyridine rings is 1. The van der Waals surface area contributed by atoms with E-state index in [1.54, 1.807) is 19.3 Å². The van der Waals surface area contributed by atoms with Gasteiger partial charge in [0.15, 0.2) is 5.96 Å². The lowest BCUT2D eigenvalue weighted by Crippen LogP contribution is -2.43. The highest BCUT2D eigenvalue weighted by Gasteiger charge is 2.10. The Morgan fingerprint density at radius 3 is 2.75 bits per heavy atom. The summed E-state index contributed by atoms with van der Waals surface area (Å²) in [6, 6.07) is 3.79.